The molecule has 8 nitrogen and oxygen atoms in total. The number of aliphatic imine (C=N–C) groups is 1. The zero-order valence-electron chi connectivity index (χ0n) is 14.6. The van der Waals surface area contributed by atoms with Crippen molar-refractivity contribution in [2.45, 2.75) is 6.92 Å². The van der Waals surface area contributed by atoms with Crippen LogP contribution < -0.4 is 15.8 Å². The summed E-state index contributed by atoms with van der Waals surface area (Å²) in [5.74, 6) is -1.10. The first-order valence-corrected chi connectivity index (χ1v) is 7.93. The minimum atomic E-state index is -0.616. The number of anilines is 1. The number of carbonyl (C=O) groups is 1. The molecule has 0 bridgehead atoms. The summed E-state index contributed by atoms with van der Waals surface area (Å²) >= 11 is 0. The fourth-order valence-electron chi connectivity index (χ4n) is 2.14. The van der Waals surface area contributed by atoms with Crippen LogP contribution in [0.3, 0.4) is 0 Å². The second-order valence-electron chi connectivity index (χ2n) is 5.55. The molecule has 3 heterocycles. The summed E-state index contributed by atoms with van der Waals surface area (Å²) in [6.07, 6.45) is 4.61. The van der Waals surface area contributed by atoms with Crippen LogP contribution in [0.15, 0.2) is 54.0 Å². The van der Waals surface area contributed by atoms with Crippen molar-refractivity contribution in [3.05, 3.63) is 66.3 Å². The van der Waals surface area contributed by atoms with E-state index in [2.05, 4.69) is 25.3 Å². The standard InChI is InChI=1S/C18H14F2N6O2/c1-10(21)25-17-15(18(27)26-16-3-2-11(19)7-23-16)5-14(9-24-17)28-13-4-12(20)6-22-8-13/h2-9H,1H3,(H2,21,24,25)(H,23,26,27). The molecular weight excluding hydrogens is 370 g/mol. The Bertz CT molecular complexity index is 1040. The van der Waals surface area contributed by atoms with Crippen LogP contribution in [0.1, 0.15) is 17.3 Å². The van der Waals surface area contributed by atoms with E-state index in [4.69, 9.17) is 10.5 Å². The molecule has 0 spiro atoms. The van der Waals surface area contributed by atoms with E-state index in [0.29, 0.717) is 0 Å². The summed E-state index contributed by atoms with van der Waals surface area (Å²) in [6.45, 7) is 1.54. The van der Waals surface area contributed by atoms with Crippen LogP contribution in [0.2, 0.25) is 0 Å². The Kier molecular flexibility index (Phi) is 5.49. The fraction of sp³-hybridized carbons (Fsp3) is 0.0556. The van der Waals surface area contributed by atoms with Gasteiger partial charge in [0.2, 0.25) is 0 Å². The van der Waals surface area contributed by atoms with E-state index in [0.717, 1.165) is 24.5 Å². The van der Waals surface area contributed by atoms with Gasteiger partial charge in [0.15, 0.2) is 5.82 Å². The number of amides is 1. The Balaban J connectivity index is 1.92. The highest BCUT2D eigenvalue weighted by Gasteiger charge is 2.16. The highest BCUT2D eigenvalue weighted by molar-refractivity contribution is 6.07. The molecule has 0 aromatic carbocycles. The number of amidine groups is 1. The van der Waals surface area contributed by atoms with Gasteiger partial charge in [-0.3, -0.25) is 9.78 Å². The number of rotatable bonds is 5. The molecule has 0 aliphatic carbocycles. The molecule has 3 rings (SSSR count). The molecule has 0 atom stereocenters. The van der Waals surface area contributed by atoms with Gasteiger partial charge in [0.25, 0.3) is 5.91 Å². The number of pyridine rings is 3. The maximum absolute atomic E-state index is 13.3. The lowest BCUT2D eigenvalue weighted by Gasteiger charge is -2.10. The average molecular weight is 384 g/mol. The molecule has 0 saturated carbocycles. The Hall–Kier alpha value is -3.95. The molecule has 0 unspecified atom stereocenters. The number of nitrogens with zero attached hydrogens (tertiary/aromatic N) is 4. The number of hydrogen-bond donors (Lipinski definition) is 2. The normalized spacial score (nSPS) is 11.2. The first-order valence-electron chi connectivity index (χ1n) is 7.93. The second-order valence-corrected chi connectivity index (χ2v) is 5.55. The summed E-state index contributed by atoms with van der Waals surface area (Å²) in [7, 11) is 0. The van der Waals surface area contributed by atoms with Crippen LogP contribution in [-0.2, 0) is 0 Å². The van der Waals surface area contributed by atoms with Crippen LogP contribution in [0.5, 0.6) is 11.5 Å². The molecule has 142 valence electrons. The lowest BCUT2D eigenvalue weighted by Crippen LogP contribution is -2.14. The van der Waals surface area contributed by atoms with Gasteiger partial charge in [-0.1, -0.05) is 0 Å². The molecule has 10 heteroatoms. The van der Waals surface area contributed by atoms with Crippen LogP contribution in [0.4, 0.5) is 20.4 Å². The zero-order valence-corrected chi connectivity index (χ0v) is 14.6. The van der Waals surface area contributed by atoms with Crippen molar-refractivity contribution in [3.63, 3.8) is 0 Å². The number of nitrogens with two attached hydrogens (primary N) is 1. The van der Waals surface area contributed by atoms with E-state index in [1.807, 2.05) is 0 Å². The monoisotopic (exact) mass is 384 g/mol. The summed E-state index contributed by atoms with van der Waals surface area (Å²) < 4.78 is 31.7. The lowest BCUT2D eigenvalue weighted by molar-refractivity contribution is 0.102. The number of hydrogen-bond acceptors (Lipinski definition) is 6. The third kappa shape index (κ3) is 4.81. The first kappa shape index (κ1) is 18.8. The van der Waals surface area contributed by atoms with Crippen molar-refractivity contribution < 1.29 is 18.3 Å². The predicted molar refractivity (Wildman–Crippen MR) is 97.6 cm³/mol. The highest BCUT2D eigenvalue weighted by Crippen LogP contribution is 2.26. The Morgan fingerprint density at radius 1 is 1.07 bits per heavy atom. The van der Waals surface area contributed by atoms with Gasteiger partial charge in [0.05, 0.1) is 36.2 Å². The van der Waals surface area contributed by atoms with E-state index in [1.165, 1.54) is 31.5 Å². The molecule has 0 fully saturated rings. The van der Waals surface area contributed by atoms with Gasteiger partial charge in [0.1, 0.15) is 29.0 Å². The molecule has 1 amide bonds. The lowest BCUT2D eigenvalue weighted by atomic mass is 10.2. The first-order chi connectivity index (χ1) is 13.4. The molecule has 0 saturated heterocycles. The minimum absolute atomic E-state index is 0.0257. The Morgan fingerprint density at radius 2 is 1.86 bits per heavy atom. The smallest absolute Gasteiger partial charge is 0.260 e. The third-order valence-electron chi connectivity index (χ3n) is 3.25. The maximum Gasteiger partial charge on any atom is 0.260 e. The van der Waals surface area contributed by atoms with Crippen LogP contribution in [-0.4, -0.2) is 26.7 Å². The summed E-state index contributed by atoms with van der Waals surface area (Å²) in [5, 5.41) is 2.50. The van der Waals surface area contributed by atoms with Gasteiger partial charge in [-0.25, -0.2) is 23.7 Å². The summed E-state index contributed by atoms with van der Waals surface area (Å²) in [6, 6.07) is 4.95. The average Bonchev–Trinajstić information content (AvgIpc) is 2.64. The molecular formula is C18H14F2N6O2. The molecule has 3 aromatic rings. The highest BCUT2D eigenvalue weighted by atomic mass is 19.1. The Morgan fingerprint density at radius 3 is 2.54 bits per heavy atom. The van der Waals surface area contributed by atoms with Crippen molar-refractivity contribution in [1.29, 1.82) is 0 Å². The topological polar surface area (TPSA) is 115 Å². The zero-order chi connectivity index (χ0) is 20.1. The van der Waals surface area contributed by atoms with Crippen LogP contribution in [0.25, 0.3) is 0 Å². The number of aromatic nitrogens is 3. The fourth-order valence-corrected chi connectivity index (χ4v) is 2.14. The van der Waals surface area contributed by atoms with Crippen molar-refractivity contribution in [2.75, 3.05) is 5.32 Å². The molecule has 0 aliphatic heterocycles. The van der Waals surface area contributed by atoms with Gasteiger partial charge in [-0.15, -0.1) is 0 Å². The van der Waals surface area contributed by atoms with Crippen molar-refractivity contribution >= 4 is 23.4 Å². The van der Waals surface area contributed by atoms with E-state index < -0.39 is 17.5 Å². The number of nitrogens with one attached hydrogen (secondary N) is 1. The van der Waals surface area contributed by atoms with Crippen LogP contribution in [0, 0.1) is 11.6 Å². The Labute approximate surface area is 158 Å². The number of halogens is 2. The molecule has 28 heavy (non-hydrogen) atoms. The van der Waals surface area contributed by atoms with Gasteiger partial charge in [0, 0.05) is 6.07 Å². The predicted octanol–water partition coefficient (Wildman–Crippen LogP) is 3.20. The van der Waals surface area contributed by atoms with Crippen LogP contribution >= 0.6 is 0 Å². The van der Waals surface area contributed by atoms with E-state index in [-0.39, 0.29) is 34.5 Å². The second kappa shape index (κ2) is 8.16. The quantitative estimate of drug-likeness (QED) is 0.516. The number of ether oxygens (including phenoxy) is 1. The molecule has 0 aliphatic rings. The van der Waals surface area contributed by atoms with Gasteiger partial charge in [-0.05, 0) is 25.1 Å². The van der Waals surface area contributed by atoms with Gasteiger partial charge >= 0.3 is 0 Å². The maximum atomic E-state index is 13.3. The third-order valence-corrected chi connectivity index (χ3v) is 3.25. The summed E-state index contributed by atoms with van der Waals surface area (Å²) in [4.78, 5) is 28.2. The van der Waals surface area contributed by atoms with E-state index in [1.54, 1.807) is 0 Å². The largest absolute Gasteiger partial charge is 0.454 e. The minimum Gasteiger partial charge on any atom is -0.454 e. The van der Waals surface area contributed by atoms with Crippen molar-refractivity contribution in [3.8, 4) is 11.5 Å². The molecule has 3 aromatic heterocycles. The van der Waals surface area contributed by atoms with Crippen molar-refractivity contribution in [2.24, 2.45) is 10.7 Å². The van der Waals surface area contributed by atoms with E-state index in [9.17, 15) is 13.6 Å². The molecule has 0 radical (unpaired) electrons. The van der Waals surface area contributed by atoms with Crippen molar-refractivity contribution in [1.82, 2.24) is 15.0 Å². The summed E-state index contributed by atoms with van der Waals surface area (Å²) in [5.41, 5.74) is 5.61. The molecule has 3 N–H and O–H groups in total. The SMILES string of the molecule is C/C(N)=N/c1ncc(Oc2cncc(F)c2)cc1C(=O)Nc1ccc(F)cn1. The number of carbonyl (C=O) groups excluding carboxylic acids is 1. The van der Waals surface area contributed by atoms with Gasteiger partial charge < -0.3 is 15.8 Å². The van der Waals surface area contributed by atoms with Gasteiger partial charge in [-0.2, -0.15) is 0 Å². The van der Waals surface area contributed by atoms with E-state index >= 15 is 0 Å².